The Hall–Kier alpha value is -4.90. The van der Waals surface area contributed by atoms with E-state index >= 15 is 0 Å². The first-order chi connectivity index (χ1) is 23.9. The number of nitrogens with zero attached hydrogens (tertiary/aromatic N) is 2. The number of phenolic OH excluding ortho intramolecular Hbond substituents is 1. The van der Waals surface area contributed by atoms with Gasteiger partial charge in [0.15, 0.2) is 6.29 Å². The molecule has 0 radical (unpaired) electrons. The molecule has 2 heterocycles. The van der Waals surface area contributed by atoms with Crippen molar-refractivity contribution in [2.45, 2.75) is 44.2 Å². The third-order valence-electron chi connectivity index (χ3n) is 8.74. The van der Waals surface area contributed by atoms with Crippen LogP contribution < -0.4 is 5.32 Å². The van der Waals surface area contributed by atoms with Crippen molar-refractivity contribution in [3.8, 4) is 16.9 Å². The summed E-state index contributed by atoms with van der Waals surface area (Å²) in [6, 6.07) is 34.0. The maximum Gasteiger partial charge on any atom is 0.253 e. The summed E-state index contributed by atoms with van der Waals surface area (Å²) in [4.78, 5) is 18.7. The number of carbonyl (C=O) groups is 1. The van der Waals surface area contributed by atoms with Crippen molar-refractivity contribution in [3.05, 3.63) is 155 Å². The number of nitrogens with one attached hydrogen (secondary N) is 1. The summed E-state index contributed by atoms with van der Waals surface area (Å²) in [6.45, 7) is 1.25. The van der Waals surface area contributed by atoms with E-state index in [4.69, 9.17) is 9.47 Å². The number of hydrogen-bond donors (Lipinski definition) is 4. The highest BCUT2D eigenvalue weighted by atomic mass is 16.7. The molecule has 0 aliphatic carbocycles. The molecule has 4 atom stereocenters. The van der Waals surface area contributed by atoms with Gasteiger partial charge in [-0.3, -0.25) is 9.78 Å². The fraction of sp³-hybridized carbons (Fsp3) is 0.250. The number of likely N-dealkylation sites (N-methyl/N-ethyl adjacent to an activating group) is 1. The molecule has 252 valence electrons. The van der Waals surface area contributed by atoms with Gasteiger partial charge in [0.2, 0.25) is 0 Å². The second-order valence-corrected chi connectivity index (χ2v) is 12.4. The summed E-state index contributed by atoms with van der Waals surface area (Å²) >= 11 is 0. The van der Waals surface area contributed by atoms with Crippen LogP contribution in [0.1, 0.15) is 63.1 Å². The summed E-state index contributed by atoms with van der Waals surface area (Å²) in [5.41, 5.74) is 6.86. The van der Waals surface area contributed by atoms with E-state index in [0.29, 0.717) is 37.2 Å². The van der Waals surface area contributed by atoms with Gasteiger partial charge in [-0.05, 0) is 64.7 Å². The highest BCUT2D eigenvalue weighted by molar-refractivity contribution is 5.93. The van der Waals surface area contributed by atoms with E-state index in [1.165, 1.54) is 0 Å². The van der Waals surface area contributed by atoms with Gasteiger partial charge in [0.1, 0.15) is 5.75 Å². The number of ether oxygens (including phenoxy) is 2. The molecule has 5 aromatic rings. The van der Waals surface area contributed by atoms with Crippen molar-refractivity contribution >= 4 is 5.91 Å². The average molecular weight is 660 g/mol. The quantitative estimate of drug-likeness (QED) is 0.127. The largest absolute Gasteiger partial charge is 0.508 e. The number of amides is 1. The van der Waals surface area contributed by atoms with E-state index in [1.54, 1.807) is 48.8 Å². The second kappa shape index (κ2) is 16.0. The van der Waals surface area contributed by atoms with Crippen LogP contribution in [0.15, 0.2) is 122 Å². The second-order valence-electron chi connectivity index (χ2n) is 12.4. The van der Waals surface area contributed by atoms with Crippen LogP contribution in [0.5, 0.6) is 5.75 Å². The molecule has 9 nitrogen and oxygen atoms in total. The van der Waals surface area contributed by atoms with E-state index in [9.17, 15) is 20.1 Å². The monoisotopic (exact) mass is 659 g/mol. The van der Waals surface area contributed by atoms with E-state index in [-0.39, 0.29) is 30.5 Å². The summed E-state index contributed by atoms with van der Waals surface area (Å²) in [6.07, 6.45) is 1.95. The molecular weight excluding hydrogens is 618 g/mol. The minimum atomic E-state index is -0.770. The maximum atomic E-state index is 12.7. The van der Waals surface area contributed by atoms with Gasteiger partial charge < -0.3 is 35.0 Å². The molecule has 1 aliphatic heterocycles. The Labute approximate surface area is 286 Å². The van der Waals surface area contributed by atoms with Crippen molar-refractivity contribution in [1.29, 1.82) is 0 Å². The Morgan fingerprint density at radius 1 is 0.939 bits per heavy atom. The number of aromatic hydroxyl groups is 1. The van der Waals surface area contributed by atoms with E-state index in [0.717, 1.165) is 33.4 Å². The first kappa shape index (κ1) is 34.0. The summed E-state index contributed by atoms with van der Waals surface area (Å²) in [5.74, 6) is -0.0635. The smallest absolute Gasteiger partial charge is 0.253 e. The first-order valence-electron chi connectivity index (χ1n) is 16.4. The number of aromatic nitrogens is 1. The minimum absolute atomic E-state index is 0.0289. The van der Waals surface area contributed by atoms with Crippen molar-refractivity contribution < 1.29 is 29.6 Å². The van der Waals surface area contributed by atoms with Crippen LogP contribution in [0.3, 0.4) is 0 Å². The lowest BCUT2D eigenvalue weighted by atomic mass is 9.97. The molecule has 0 unspecified atom stereocenters. The molecule has 1 aromatic heterocycles. The van der Waals surface area contributed by atoms with Crippen LogP contribution in [0.4, 0.5) is 0 Å². The van der Waals surface area contributed by atoms with Crippen LogP contribution in [-0.4, -0.2) is 57.4 Å². The SMILES string of the molecule is CN(C[C@H]1C[C@@H](c2ccc(CO)cc2)O[C@@H](c2ccc(-c3ccccc3CNC(=O)c3cccnc3)cc2)O1)C[C@@H](O)c1cccc(O)c1. The van der Waals surface area contributed by atoms with Gasteiger partial charge in [0.05, 0.1) is 30.5 Å². The van der Waals surface area contributed by atoms with Crippen LogP contribution in [0, 0.1) is 0 Å². The van der Waals surface area contributed by atoms with Gasteiger partial charge >= 0.3 is 0 Å². The lowest BCUT2D eigenvalue weighted by Crippen LogP contribution is -2.39. The third-order valence-corrected chi connectivity index (χ3v) is 8.74. The van der Waals surface area contributed by atoms with E-state index < -0.39 is 12.4 Å². The number of pyridine rings is 1. The molecule has 1 saturated heterocycles. The van der Waals surface area contributed by atoms with Gasteiger partial charge in [-0.1, -0.05) is 84.9 Å². The predicted molar refractivity (Wildman–Crippen MR) is 186 cm³/mol. The fourth-order valence-corrected chi connectivity index (χ4v) is 6.14. The number of aliphatic hydroxyl groups is 2. The van der Waals surface area contributed by atoms with Crippen LogP contribution in [0.25, 0.3) is 11.1 Å². The van der Waals surface area contributed by atoms with Gasteiger partial charge in [0.25, 0.3) is 5.91 Å². The Morgan fingerprint density at radius 3 is 2.45 bits per heavy atom. The molecular formula is C40H41N3O6. The molecule has 4 N–H and O–H groups in total. The zero-order valence-corrected chi connectivity index (χ0v) is 27.4. The van der Waals surface area contributed by atoms with Crippen molar-refractivity contribution in [3.63, 3.8) is 0 Å². The first-order valence-corrected chi connectivity index (χ1v) is 16.4. The third kappa shape index (κ3) is 8.77. The van der Waals surface area contributed by atoms with Gasteiger partial charge in [-0.15, -0.1) is 0 Å². The Kier molecular flexibility index (Phi) is 11.1. The summed E-state index contributed by atoms with van der Waals surface area (Å²) in [7, 11) is 1.94. The Balaban J connectivity index is 1.17. The molecule has 0 bridgehead atoms. The maximum absolute atomic E-state index is 12.7. The molecule has 0 spiro atoms. The van der Waals surface area contributed by atoms with Crippen molar-refractivity contribution in [2.75, 3.05) is 20.1 Å². The fourth-order valence-electron chi connectivity index (χ4n) is 6.14. The molecule has 4 aromatic carbocycles. The normalized spacial score (nSPS) is 18.2. The number of benzene rings is 4. The Bertz CT molecular complexity index is 1820. The Morgan fingerprint density at radius 2 is 1.71 bits per heavy atom. The lowest BCUT2D eigenvalue weighted by Gasteiger charge is -2.38. The summed E-state index contributed by atoms with van der Waals surface area (Å²) < 4.78 is 13.1. The minimum Gasteiger partial charge on any atom is -0.508 e. The van der Waals surface area contributed by atoms with Crippen molar-refractivity contribution in [1.82, 2.24) is 15.2 Å². The molecule has 1 fully saturated rings. The zero-order valence-electron chi connectivity index (χ0n) is 27.4. The number of aliphatic hydroxyl groups excluding tert-OH is 2. The van der Waals surface area contributed by atoms with Crippen molar-refractivity contribution in [2.24, 2.45) is 0 Å². The molecule has 1 amide bonds. The highest BCUT2D eigenvalue weighted by Gasteiger charge is 2.33. The predicted octanol–water partition coefficient (Wildman–Crippen LogP) is 6.09. The van der Waals surface area contributed by atoms with Crippen LogP contribution in [-0.2, 0) is 22.6 Å². The standard InChI is InChI=1S/C40H41N3O6/c1-43(25-37(46)31-7-4-9-34(45)20-31)24-35-21-38(29-13-11-27(26-44)12-14-29)49-40(48-35)30-17-15-28(16-18-30)36-10-3-2-6-32(36)23-42-39(47)33-8-5-19-41-22-33/h2-20,22,35,37-38,40,44-46H,21,23-26H2,1H3,(H,42,47)/t35-,37-,38+,40+/m1/s1. The lowest BCUT2D eigenvalue weighted by molar-refractivity contribution is -0.252. The van der Waals surface area contributed by atoms with E-state index in [2.05, 4.69) is 10.3 Å². The van der Waals surface area contributed by atoms with Crippen LogP contribution >= 0.6 is 0 Å². The van der Waals surface area contributed by atoms with Gasteiger partial charge in [-0.25, -0.2) is 0 Å². The number of phenols is 1. The molecule has 49 heavy (non-hydrogen) atoms. The molecule has 0 saturated carbocycles. The average Bonchev–Trinajstić information content (AvgIpc) is 3.14. The number of carbonyl (C=O) groups excluding carboxylic acids is 1. The number of hydrogen-bond acceptors (Lipinski definition) is 8. The van der Waals surface area contributed by atoms with Gasteiger partial charge in [-0.2, -0.15) is 0 Å². The molecule has 6 rings (SSSR count). The van der Waals surface area contributed by atoms with E-state index in [1.807, 2.05) is 84.7 Å². The summed E-state index contributed by atoms with van der Waals surface area (Å²) in [5, 5.41) is 33.2. The topological polar surface area (TPSA) is 124 Å². The zero-order chi connectivity index (χ0) is 34.2. The van der Waals surface area contributed by atoms with Gasteiger partial charge in [0, 0.05) is 44.0 Å². The molecule has 1 aliphatic rings. The number of rotatable bonds is 12. The highest BCUT2D eigenvalue weighted by Crippen LogP contribution is 2.39. The van der Waals surface area contributed by atoms with Crippen LogP contribution in [0.2, 0.25) is 0 Å². The molecule has 9 heteroatoms.